The fourth-order valence-electron chi connectivity index (χ4n) is 2.53. The van der Waals surface area contributed by atoms with Gasteiger partial charge in [0, 0.05) is 25.0 Å². The summed E-state index contributed by atoms with van der Waals surface area (Å²) in [4.78, 5) is 16.5. The molecule has 0 aliphatic heterocycles. The number of amides is 1. The molecular formula is C20H20FN3O2. The highest BCUT2D eigenvalue weighted by molar-refractivity contribution is 5.94. The number of carbonyl (C=O) groups excluding carboxylic acids is 1. The molecule has 0 aliphatic carbocycles. The van der Waals surface area contributed by atoms with Gasteiger partial charge < -0.3 is 14.6 Å². The van der Waals surface area contributed by atoms with E-state index in [9.17, 15) is 9.18 Å². The Morgan fingerprint density at radius 3 is 2.69 bits per heavy atom. The molecule has 0 radical (unpaired) electrons. The molecule has 3 aromatic rings. The molecule has 1 unspecified atom stereocenters. The lowest BCUT2D eigenvalue weighted by Gasteiger charge is -2.14. The average Bonchev–Trinajstić information content (AvgIpc) is 3.05. The molecule has 1 amide bonds. The van der Waals surface area contributed by atoms with Gasteiger partial charge >= 0.3 is 0 Å². The number of halogens is 1. The molecule has 1 N–H and O–H groups in total. The molecule has 0 fully saturated rings. The fraction of sp³-hybridized carbons (Fsp3) is 0.200. The van der Waals surface area contributed by atoms with Gasteiger partial charge in [0.1, 0.15) is 24.0 Å². The summed E-state index contributed by atoms with van der Waals surface area (Å²) in [6, 6.07) is 12.8. The normalized spacial score (nSPS) is 11.8. The number of benzene rings is 2. The third kappa shape index (κ3) is 4.27. The number of aromatic nitrogens is 2. The van der Waals surface area contributed by atoms with Gasteiger partial charge in [-0.05, 0) is 48.9 Å². The summed E-state index contributed by atoms with van der Waals surface area (Å²) in [5.41, 5.74) is 1.23. The molecule has 3 rings (SSSR count). The SMILES string of the molecule is CC(NC(=O)c1ccc(OCc2nccn2C)cc1)c1cccc(F)c1. The Kier molecular flexibility index (Phi) is 5.31. The summed E-state index contributed by atoms with van der Waals surface area (Å²) in [5.74, 6) is 0.925. The van der Waals surface area contributed by atoms with E-state index in [2.05, 4.69) is 10.3 Å². The van der Waals surface area contributed by atoms with Gasteiger partial charge in [0.15, 0.2) is 0 Å². The van der Waals surface area contributed by atoms with Crippen molar-refractivity contribution in [1.29, 1.82) is 0 Å². The van der Waals surface area contributed by atoms with E-state index in [4.69, 9.17) is 4.74 Å². The van der Waals surface area contributed by atoms with Gasteiger partial charge in [0.05, 0.1) is 6.04 Å². The van der Waals surface area contributed by atoms with Crippen LogP contribution in [-0.4, -0.2) is 15.5 Å². The van der Waals surface area contributed by atoms with Crippen LogP contribution in [0.25, 0.3) is 0 Å². The molecule has 0 saturated carbocycles. The van der Waals surface area contributed by atoms with E-state index in [0.717, 1.165) is 5.82 Å². The standard InChI is InChI=1S/C20H20FN3O2/c1-14(16-4-3-5-17(21)12-16)23-20(25)15-6-8-18(9-7-15)26-13-19-22-10-11-24(19)2/h3-12,14H,13H2,1-2H3,(H,23,25). The second-order valence-electron chi connectivity index (χ2n) is 6.02. The van der Waals surface area contributed by atoms with Crippen molar-refractivity contribution in [1.82, 2.24) is 14.9 Å². The van der Waals surface area contributed by atoms with Crippen LogP contribution < -0.4 is 10.1 Å². The zero-order valence-corrected chi connectivity index (χ0v) is 14.6. The summed E-state index contributed by atoms with van der Waals surface area (Å²) in [7, 11) is 1.90. The molecule has 0 saturated heterocycles. The van der Waals surface area contributed by atoms with Crippen molar-refractivity contribution >= 4 is 5.91 Å². The molecule has 26 heavy (non-hydrogen) atoms. The lowest BCUT2D eigenvalue weighted by molar-refractivity contribution is 0.0939. The maximum Gasteiger partial charge on any atom is 0.251 e. The second kappa shape index (κ2) is 7.82. The van der Waals surface area contributed by atoms with E-state index >= 15 is 0 Å². The van der Waals surface area contributed by atoms with Crippen molar-refractivity contribution in [2.45, 2.75) is 19.6 Å². The van der Waals surface area contributed by atoms with Crippen molar-refractivity contribution in [2.24, 2.45) is 7.05 Å². The first-order valence-electron chi connectivity index (χ1n) is 8.28. The number of hydrogen-bond donors (Lipinski definition) is 1. The topological polar surface area (TPSA) is 56.1 Å². The molecule has 1 heterocycles. The molecular weight excluding hydrogens is 333 g/mol. The molecule has 0 aliphatic rings. The number of hydrogen-bond acceptors (Lipinski definition) is 3. The smallest absolute Gasteiger partial charge is 0.251 e. The number of nitrogens with one attached hydrogen (secondary N) is 1. The van der Waals surface area contributed by atoms with E-state index in [0.29, 0.717) is 23.5 Å². The van der Waals surface area contributed by atoms with Crippen LogP contribution in [0.4, 0.5) is 4.39 Å². The summed E-state index contributed by atoms with van der Waals surface area (Å²) >= 11 is 0. The van der Waals surface area contributed by atoms with Crippen LogP contribution in [0.15, 0.2) is 60.9 Å². The third-order valence-electron chi connectivity index (χ3n) is 4.10. The van der Waals surface area contributed by atoms with Crippen LogP contribution in [-0.2, 0) is 13.7 Å². The van der Waals surface area contributed by atoms with Gasteiger partial charge in [-0.1, -0.05) is 12.1 Å². The first-order chi connectivity index (χ1) is 12.5. The quantitative estimate of drug-likeness (QED) is 0.736. The zero-order chi connectivity index (χ0) is 18.5. The van der Waals surface area contributed by atoms with Crippen molar-refractivity contribution in [2.75, 3.05) is 0 Å². The average molecular weight is 353 g/mol. The van der Waals surface area contributed by atoms with Gasteiger partial charge in [0.2, 0.25) is 0 Å². The van der Waals surface area contributed by atoms with E-state index in [1.54, 1.807) is 42.6 Å². The van der Waals surface area contributed by atoms with Crippen molar-refractivity contribution < 1.29 is 13.9 Å². The van der Waals surface area contributed by atoms with E-state index < -0.39 is 0 Å². The summed E-state index contributed by atoms with van der Waals surface area (Å²) in [6.07, 6.45) is 3.57. The number of ether oxygens (including phenoxy) is 1. The monoisotopic (exact) mass is 353 g/mol. The van der Waals surface area contributed by atoms with Gasteiger partial charge in [-0.25, -0.2) is 9.37 Å². The van der Waals surface area contributed by atoms with Gasteiger partial charge in [-0.2, -0.15) is 0 Å². The first-order valence-corrected chi connectivity index (χ1v) is 8.28. The van der Waals surface area contributed by atoms with E-state index in [1.807, 2.05) is 24.7 Å². The molecule has 0 bridgehead atoms. The third-order valence-corrected chi connectivity index (χ3v) is 4.10. The summed E-state index contributed by atoms with van der Waals surface area (Å²) in [6.45, 7) is 2.17. The van der Waals surface area contributed by atoms with Gasteiger partial charge in [-0.15, -0.1) is 0 Å². The van der Waals surface area contributed by atoms with Crippen LogP contribution in [0, 0.1) is 5.82 Å². The Hall–Kier alpha value is -3.15. The number of nitrogens with zero attached hydrogens (tertiary/aromatic N) is 2. The Bertz CT molecular complexity index is 890. The molecule has 0 spiro atoms. The Morgan fingerprint density at radius 2 is 2.04 bits per heavy atom. The largest absolute Gasteiger partial charge is 0.486 e. The predicted octanol–water partition coefficient (Wildman–Crippen LogP) is 3.63. The molecule has 1 aromatic heterocycles. The number of imidazole rings is 1. The van der Waals surface area contributed by atoms with Crippen LogP contribution in [0.5, 0.6) is 5.75 Å². The van der Waals surface area contributed by atoms with E-state index in [-0.39, 0.29) is 17.8 Å². The zero-order valence-electron chi connectivity index (χ0n) is 14.6. The predicted molar refractivity (Wildman–Crippen MR) is 96.3 cm³/mol. The van der Waals surface area contributed by atoms with Crippen molar-refractivity contribution in [3.05, 3.63) is 83.7 Å². The minimum atomic E-state index is -0.321. The lowest BCUT2D eigenvalue weighted by Crippen LogP contribution is -2.26. The summed E-state index contributed by atoms with van der Waals surface area (Å²) in [5, 5.41) is 2.86. The Labute approximate surface area is 151 Å². The maximum atomic E-state index is 13.3. The molecule has 6 heteroatoms. The number of aryl methyl sites for hydroxylation is 1. The van der Waals surface area contributed by atoms with Crippen LogP contribution in [0.1, 0.15) is 34.7 Å². The molecule has 2 aromatic carbocycles. The first kappa shape index (κ1) is 17.7. The van der Waals surface area contributed by atoms with Crippen molar-refractivity contribution in [3.8, 4) is 5.75 Å². The highest BCUT2D eigenvalue weighted by Gasteiger charge is 2.12. The number of rotatable bonds is 6. The second-order valence-corrected chi connectivity index (χ2v) is 6.02. The van der Waals surface area contributed by atoms with Crippen LogP contribution >= 0.6 is 0 Å². The number of carbonyl (C=O) groups is 1. The molecule has 134 valence electrons. The molecule has 1 atom stereocenters. The Morgan fingerprint density at radius 1 is 1.27 bits per heavy atom. The van der Waals surface area contributed by atoms with Crippen LogP contribution in [0.3, 0.4) is 0 Å². The summed E-state index contributed by atoms with van der Waals surface area (Å²) < 4.78 is 20.9. The molecule has 5 nitrogen and oxygen atoms in total. The maximum absolute atomic E-state index is 13.3. The minimum absolute atomic E-state index is 0.225. The fourth-order valence-corrected chi connectivity index (χ4v) is 2.53. The van der Waals surface area contributed by atoms with Crippen molar-refractivity contribution in [3.63, 3.8) is 0 Å². The van der Waals surface area contributed by atoms with Crippen LogP contribution in [0.2, 0.25) is 0 Å². The lowest BCUT2D eigenvalue weighted by atomic mass is 10.1. The van der Waals surface area contributed by atoms with Gasteiger partial charge in [-0.3, -0.25) is 4.79 Å². The highest BCUT2D eigenvalue weighted by atomic mass is 19.1. The highest BCUT2D eigenvalue weighted by Crippen LogP contribution is 2.17. The minimum Gasteiger partial charge on any atom is -0.486 e. The Balaban J connectivity index is 1.59. The van der Waals surface area contributed by atoms with E-state index in [1.165, 1.54) is 12.1 Å². The van der Waals surface area contributed by atoms with Gasteiger partial charge in [0.25, 0.3) is 5.91 Å².